The highest BCUT2D eigenvalue weighted by Gasteiger charge is 2.26. The molecule has 3 aromatic rings. The second-order valence-corrected chi connectivity index (χ2v) is 9.41. The van der Waals surface area contributed by atoms with Gasteiger partial charge in [-0.1, -0.05) is 40.5 Å². The number of thiophene rings is 1. The number of carbonyl (C=O) groups is 2. The summed E-state index contributed by atoms with van der Waals surface area (Å²) in [6.45, 7) is 0. The molecule has 31 heavy (non-hydrogen) atoms. The summed E-state index contributed by atoms with van der Waals surface area (Å²) in [6.07, 6.45) is 5.06. The van der Waals surface area contributed by atoms with Crippen molar-refractivity contribution >= 4 is 49.8 Å². The van der Waals surface area contributed by atoms with Gasteiger partial charge in [-0.15, -0.1) is 11.3 Å². The number of benzene rings is 2. The van der Waals surface area contributed by atoms with E-state index in [1.165, 1.54) is 16.2 Å². The zero-order chi connectivity index (χ0) is 21.8. The van der Waals surface area contributed by atoms with Crippen LogP contribution in [0, 0.1) is 0 Å². The van der Waals surface area contributed by atoms with Gasteiger partial charge >= 0.3 is 0 Å². The Morgan fingerprint density at radius 2 is 1.77 bits per heavy atom. The van der Waals surface area contributed by atoms with Gasteiger partial charge in [0.15, 0.2) is 0 Å². The molecule has 2 N–H and O–H groups in total. The van der Waals surface area contributed by atoms with Crippen LogP contribution in [0.15, 0.2) is 53.0 Å². The topological polar surface area (TPSA) is 67.4 Å². The lowest BCUT2D eigenvalue weighted by Crippen LogP contribution is -2.18. The second-order valence-electron chi connectivity index (χ2n) is 7.39. The molecule has 7 heteroatoms. The molecular weight excluding hydrogens is 476 g/mol. The van der Waals surface area contributed by atoms with Gasteiger partial charge in [0.2, 0.25) is 0 Å². The smallest absolute Gasteiger partial charge is 0.259 e. The van der Waals surface area contributed by atoms with Crippen molar-refractivity contribution in [2.45, 2.75) is 32.1 Å². The van der Waals surface area contributed by atoms with E-state index in [2.05, 4.69) is 26.6 Å². The van der Waals surface area contributed by atoms with E-state index in [0.29, 0.717) is 27.6 Å². The molecule has 4 rings (SSSR count). The van der Waals surface area contributed by atoms with E-state index < -0.39 is 0 Å². The Morgan fingerprint density at radius 3 is 2.58 bits per heavy atom. The summed E-state index contributed by atoms with van der Waals surface area (Å²) < 4.78 is 6.20. The van der Waals surface area contributed by atoms with Gasteiger partial charge in [-0.25, -0.2) is 0 Å². The number of halogens is 1. The van der Waals surface area contributed by atoms with Gasteiger partial charge in [0.1, 0.15) is 10.8 Å². The molecule has 2 aromatic carbocycles. The molecule has 0 saturated heterocycles. The number of hydrogen-bond acceptors (Lipinski definition) is 4. The minimum Gasteiger partial charge on any atom is -0.495 e. The lowest BCUT2D eigenvalue weighted by Gasteiger charge is -2.12. The summed E-state index contributed by atoms with van der Waals surface area (Å²) in [5.41, 5.74) is 2.76. The van der Waals surface area contributed by atoms with Crippen molar-refractivity contribution < 1.29 is 14.3 Å². The third-order valence-electron chi connectivity index (χ3n) is 5.32. The van der Waals surface area contributed by atoms with E-state index in [1.54, 1.807) is 25.3 Å². The van der Waals surface area contributed by atoms with Gasteiger partial charge in [0.05, 0.1) is 18.4 Å². The van der Waals surface area contributed by atoms with Gasteiger partial charge in [0.25, 0.3) is 11.8 Å². The Labute approximate surface area is 194 Å². The predicted molar refractivity (Wildman–Crippen MR) is 129 cm³/mol. The minimum atomic E-state index is -0.232. The Bertz CT molecular complexity index is 1130. The lowest BCUT2D eigenvalue weighted by molar-refractivity contribution is 0.102. The lowest BCUT2D eigenvalue weighted by atomic mass is 10.0. The fourth-order valence-corrected chi connectivity index (χ4v) is 5.49. The van der Waals surface area contributed by atoms with Crippen LogP contribution in [-0.4, -0.2) is 18.9 Å². The first-order valence-electron chi connectivity index (χ1n) is 10.2. The molecule has 1 aliphatic carbocycles. The fourth-order valence-electron chi connectivity index (χ4n) is 3.81. The molecule has 1 heterocycles. The van der Waals surface area contributed by atoms with E-state index in [9.17, 15) is 9.59 Å². The van der Waals surface area contributed by atoms with Gasteiger partial charge in [-0.05, 0) is 61.6 Å². The number of aryl methyl sites for hydroxylation is 1. The van der Waals surface area contributed by atoms with Crippen LogP contribution < -0.4 is 15.4 Å². The maximum absolute atomic E-state index is 13.4. The number of hydrogen-bond donors (Lipinski definition) is 2. The molecule has 0 unspecified atom stereocenters. The Balaban J connectivity index is 1.69. The maximum Gasteiger partial charge on any atom is 0.259 e. The maximum atomic E-state index is 13.4. The first kappa shape index (κ1) is 21.6. The van der Waals surface area contributed by atoms with Crippen LogP contribution in [0.25, 0.3) is 0 Å². The summed E-state index contributed by atoms with van der Waals surface area (Å²) >= 11 is 4.92. The number of ether oxygens (including phenoxy) is 1. The molecule has 160 valence electrons. The molecule has 1 aliphatic rings. The van der Waals surface area contributed by atoms with Crippen molar-refractivity contribution in [1.29, 1.82) is 0 Å². The van der Waals surface area contributed by atoms with Crippen LogP contribution in [0.1, 0.15) is 50.4 Å². The monoisotopic (exact) mass is 498 g/mol. The van der Waals surface area contributed by atoms with Gasteiger partial charge < -0.3 is 15.4 Å². The standard InChI is InChI=1S/C24H23BrN2O3S/c1-30-19-12-6-5-11-18(19)26-23(29)21-17-10-3-2-4-13-20(17)31-24(21)27-22(28)15-8-7-9-16(25)14-15/h5-9,11-12,14H,2-4,10,13H2,1H3,(H,26,29)(H,27,28). The first-order valence-corrected chi connectivity index (χ1v) is 11.8. The van der Waals surface area contributed by atoms with Gasteiger partial charge in [0, 0.05) is 14.9 Å². The summed E-state index contributed by atoms with van der Waals surface area (Å²) in [5, 5.41) is 6.58. The van der Waals surface area contributed by atoms with E-state index >= 15 is 0 Å². The molecule has 2 amide bonds. The quantitative estimate of drug-likeness (QED) is 0.406. The SMILES string of the molecule is COc1ccccc1NC(=O)c1c(NC(=O)c2cccc(Br)c2)sc2c1CCCCC2. The average molecular weight is 499 g/mol. The molecule has 0 bridgehead atoms. The Morgan fingerprint density at radius 1 is 0.968 bits per heavy atom. The Kier molecular flexibility index (Phi) is 6.73. The highest BCUT2D eigenvalue weighted by molar-refractivity contribution is 9.10. The van der Waals surface area contributed by atoms with E-state index in [4.69, 9.17) is 4.74 Å². The highest BCUT2D eigenvalue weighted by atomic mass is 79.9. The zero-order valence-corrected chi connectivity index (χ0v) is 19.6. The molecule has 0 atom stereocenters. The van der Waals surface area contributed by atoms with Crippen LogP contribution in [0.3, 0.4) is 0 Å². The Hall–Kier alpha value is -2.64. The summed E-state index contributed by atoms with van der Waals surface area (Å²) in [6, 6.07) is 14.5. The van der Waals surface area contributed by atoms with Crippen molar-refractivity contribution in [2.75, 3.05) is 17.7 Å². The normalized spacial score (nSPS) is 13.1. The number of methoxy groups -OCH3 is 1. The fraction of sp³-hybridized carbons (Fsp3) is 0.250. The van der Waals surface area contributed by atoms with Crippen molar-refractivity contribution in [1.82, 2.24) is 0 Å². The van der Waals surface area contributed by atoms with Crippen LogP contribution in [0.2, 0.25) is 0 Å². The molecular formula is C24H23BrN2O3S. The van der Waals surface area contributed by atoms with Crippen LogP contribution in [0.5, 0.6) is 5.75 Å². The van der Waals surface area contributed by atoms with Crippen molar-refractivity contribution in [3.63, 3.8) is 0 Å². The van der Waals surface area contributed by atoms with Gasteiger partial charge in [-0.2, -0.15) is 0 Å². The number of carbonyl (C=O) groups excluding carboxylic acids is 2. The largest absolute Gasteiger partial charge is 0.495 e. The van der Waals surface area contributed by atoms with Crippen molar-refractivity contribution in [2.24, 2.45) is 0 Å². The van der Waals surface area contributed by atoms with Crippen molar-refractivity contribution in [3.8, 4) is 5.75 Å². The molecule has 0 radical (unpaired) electrons. The predicted octanol–water partition coefficient (Wildman–Crippen LogP) is 6.29. The number of anilines is 2. The number of nitrogens with one attached hydrogen (secondary N) is 2. The van der Waals surface area contributed by atoms with Crippen LogP contribution >= 0.6 is 27.3 Å². The molecule has 0 aliphatic heterocycles. The third-order valence-corrected chi connectivity index (χ3v) is 7.02. The zero-order valence-electron chi connectivity index (χ0n) is 17.2. The molecule has 0 spiro atoms. The summed E-state index contributed by atoms with van der Waals surface area (Å²) in [7, 11) is 1.57. The molecule has 1 aromatic heterocycles. The van der Waals surface area contributed by atoms with E-state index in [-0.39, 0.29) is 11.8 Å². The molecule has 0 fully saturated rings. The highest BCUT2D eigenvalue weighted by Crippen LogP contribution is 2.38. The summed E-state index contributed by atoms with van der Waals surface area (Å²) in [4.78, 5) is 27.5. The van der Waals surface area contributed by atoms with Crippen LogP contribution in [-0.2, 0) is 12.8 Å². The van der Waals surface area contributed by atoms with E-state index in [1.807, 2.05) is 30.3 Å². The molecule has 5 nitrogen and oxygen atoms in total. The number of para-hydroxylation sites is 2. The summed E-state index contributed by atoms with van der Waals surface area (Å²) in [5.74, 6) is 0.134. The second kappa shape index (κ2) is 9.66. The number of amides is 2. The number of rotatable bonds is 5. The van der Waals surface area contributed by atoms with Gasteiger partial charge in [-0.3, -0.25) is 9.59 Å². The number of fused-ring (bicyclic) bond motifs is 1. The van der Waals surface area contributed by atoms with Crippen molar-refractivity contribution in [3.05, 3.63) is 74.6 Å². The third kappa shape index (κ3) is 4.83. The molecule has 0 saturated carbocycles. The van der Waals surface area contributed by atoms with E-state index in [0.717, 1.165) is 42.1 Å². The minimum absolute atomic E-state index is 0.228. The first-order chi connectivity index (χ1) is 15.1. The average Bonchev–Trinajstić information content (AvgIpc) is 2.94. The van der Waals surface area contributed by atoms with Crippen LogP contribution in [0.4, 0.5) is 10.7 Å².